The second-order valence-electron chi connectivity index (χ2n) is 4.56. The molecule has 100 valence electrons. The van der Waals surface area contributed by atoms with Gasteiger partial charge in [0.1, 0.15) is 0 Å². The van der Waals surface area contributed by atoms with E-state index in [4.69, 9.17) is 5.73 Å². The molecule has 1 aromatic carbocycles. The maximum atomic E-state index is 11.8. The molecule has 2 rings (SSSR count). The Morgan fingerprint density at radius 1 is 1.28 bits per heavy atom. The highest BCUT2D eigenvalue weighted by atomic mass is 32.2. The normalized spacial score (nSPS) is 21.6. The minimum absolute atomic E-state index is 0.117. The molecule has 1 saturated heterocycles. The third-order valence-electron chi connectivity index (χ3n) is 3.15. The minimum atomic E-state index is -3.19. The number of β-amino-alcohol motifs (C(OH)–C–C–N with tert-alkyl or cyclic N) is 1. The van der Waals surface area contributed by atoms with Crippen molar-refractivity contribution in [2.24, 2.45) is 0 Å². The van der Waals surface area contributed by atoms with Gasteiger partial charge in [-0.2, -0.15) is 4.31 Å². The molecule has 1 aromatic rings. The first-order valence-corrected chi connectivity index (χ1v) is 7.61. The van der Waals surface area contributed by atoms with Gasteiger partial charge < -0.3 is 10.8 Å². The summed E-state index contributed by atoms with van der Waals surface area (Å²) in [5.74, 6) is 0.182. The molecule has 0 aliphatic carbocycles. The molecule has 1 heterocycles. The van der Waals surface area contributed by atoms with Crippen LogP contribution in [0.1, 0.15) is 24.5 Å². The molecule has 0 spiro atoms. The molecule has 5 nitrogen and oxygen atoms in total. The van der Waals surface area contributed by atoms with Crippen LogP contribution in [0.3, 0.4) is 0 Å². The zero-order valence-electron chi connectivity index (χ0n) is 10.1. The van der Waals surface area contributed by atoms with E-state index >= 15 is 0 Å². The van der Waals surface area contributed by atoms with Gasteiger partial charge in [0.15, 0.2) is 0 Å². The SMILES string of the molecule is Nc1ccc(C(O)CN2CCCCS2(=O)=O)cc1. The Bertz CT molecular complexity index is 499. The van der Waals surface area contributed by atoms with Crippen molar-refractivity contribution in [2.75, 3.05) is 24.6 Å². The molecule has 0 saturated carbocycles. The molecule has 1 fully saturated rings. The quantitative estimate of drug-likeness (QED) is 0.793. The van der Waals surface area contributed by atoms with Crippen LogP contribution in [-0.4, -0.2) is 36.7 Å². The zero-order valence-corrected chi connectivity index (χ0v) is 10.9. The van der Waals surface area contributed by atoms with Crippen LogP contribution in [0.5, 0.6) is 0 Å². The second-order valence-corrected chi connectivity index (χ2v) is 6.65. The summed E-state index contributed by atoms with van der Waals surface area (Å²) in [5, 5.41) is 10.0. The average molecular weight is 270 g/mol. The molecular weight excluding hydrogens is 252 g/mol. The van der Waals surface area contributed by atoms with E-state index in [1.165, 1.54) is 4.31 Å². The van der Waals surface area contributed by atoms with Gasteiger partial charge >= 0.3 is 0 Å². The predicted molar refractivity (Wildman–Crippen MR) is 70.4 cm³/mol. The van der Waals surface area contributed by atoms with Gasteiger partial charge in [-0.05, 0) is 30.5 Å². The van der Waals surface area contributed by atoms with Gasteiger partial charge in [-0.25, -0.2) is 8.42 Å². The number of aliphatic hydroxyl groups is 1. The summed E-state index contributed by atoms with van der Waals surface area (Å²) in [6.07, 6.45) is 0.753. The summed E-state index contributed by atoms with van der Waals surface area (Å²) in [5.41, 5.74) is 6.87. The van der Waals surface area contributed by atoms with Crippen molar-refractivity contribution in [3.05, 3.63) is 29.8 Å². The topological polar surface area (TPSA) is 83.6 Å². The fourth-order valence-electron chi connectivity index (χ4n) is 2.06. The maximum absolute atomic E-state index is 11.8. The first-order valence-electron chi connectivity index (χ1n) is 6.00. The van der Waals surface area contributed by atoms with Crippen molar-refractivity contribution in [3.8, 4) is 0 Å². The smallest absolute Gasteiger partial charge is 0.214 e. The Labute approximate surface area is 107 Å². The van der Waals surface area contributed by atoms with E-state index in [0.29, 0.717) is 24.2 Å². The van der Waals surface area contributed by atoms with Crippen molar-refractivity contribution in [1.29, 1.82) is 0 Å². The molecule has 18 heavy (non-hydrogen) atoms. The van der Waals surface area contributed by atoms with Crippen molar-refractivity contribution in [1.82, 2.24) is 4.31 Å². The number of nitrogen functional groups attached to an aromatic ring is 1. The van der Waals surface area contributed by atoms with Gasteiger partial charge in [0.25, 0.3) is 0 Å². The predicted octanol–water partition coefficient (Wildman–Crippen LogP) is 0.728. The van der Waals surface area contributed by atoms with Gasteiger partial charge in [0.2, 0.25) is 10.0 Å². The number of hydrogen-bond acceptors (Lipinski definition) is 4. The van der Waals surface area contributed by atoms with Crippen molar-refractivity contribution >= 4 is 15.7 Å². The average Bonchev–Trinajstić information content (AvgIpc) is 2.32. The summed E-state index contributed by atoms with van der Waals surface area (Å²) >= 11 is 0. The van der Waals surface area contributed by atoms with E-state index in [-0.39, 0.29) is 12.3 Å². The van der Waals surface area contributed by atoms with Crippen molar-refractivity contribution < 1.29 is 13.5 Å². The van der Waals surface area contributed by atoms with Gasteiger partial charge in [0.05, 0.1) is 11.9 Å². The van der Waals surface area contributed by atoms with Crippen LogP contribution in [0.15, 0.2) is 24.3 Å². The Morgan fingerprint density at radius 2 is 1.94 bits per heavy atom. The number of nitrogens with zero attached hydrogens (tertiary/aromatic N) is 1. The number of hydrogen-bond donors (Lipinski definition) is 2. The summed E-state index contributed by atoms with van der Waals surface area (Å²) in [7, 11) is -3.19. The van der Waals surface area contributed by atoms with Crippen LogP contribution in [0.2, 0.25) is 0 Å². The van der Waals surface area contributed by atoms with Gasteiger partial charge in [-0.3, -0.25) is 0 Å². The van der Waals surface area contributed by atoms with Gasteiger partial charge in [-0.1, -0.05) is 12.1 Å². The highest BCUT2D eigenvalue weighted by molar-refractivity contribution is 7.89. The van der Waals surface area contributed by atoms with Crippen LogP contribution in [0.25, 0.3) is 0 Å². The highest BCUT2D eigenvalue weighted by Gasteiger charge is 2.27. The largest absolute Gasteiger partial charge is 0.399 e. The van der Waals surface area contributed by atoms with Crippen LogP contribution >= 0.6 is 0 Å². The van der Waals surface area contributed by atoms with Crippen LogP contribution in [0, 0.1) is 0 Å². The van der Waals surface area contributed by atoms with E-state index in [1.54, 1.807) is 24.3 Å². The number of rotatable bonds is 3. The lowest BCUT2D eigenvalue weighted by Crippen LogP contribution is -2.40. The molecule has 6 heteroatoms. The molecule has 0 aromatic heterocycles. The molecule has 1 aliphatic heterocycles. The highest BCUT2D eigenvalue weighted by Crippen LogP contribution is 2.20. The molecule has 0 radical (unpaired) electrons. The monoisotopic (exact) mass is 270 g/mol. The second kappa shape index (κ2) is 5.26. The minimum Gasteiger partial charge on any atom is -0.399 e. The number of benzene rings is 1. The molecule has 1 atom stereocenters. The lowest BCUT2D eigenvalue weighted by Gasteiger charge is -2.28. The van der Waals surface area contributed by atoms with E-state index < -0.39 is 16.1 Å². The zero-order chi connectivity index (χ0) is 13.2. The maximum Gasteiger partial charge on any atom is 0.214 e. The van der Waals surface area contributed by atoms with Crippen LogP contribution in [-0.2, 0) is 10.0 Å². The molecule has 0 amide bonds. The van der Waals surface area contributed by atoms with Gasteiger partial charge in [-0.15, -0.1) is 0 Å². The number of aliphatic hydroxyl groups excluding tert-OH is 1. The Morgan fingerprint density at radius 3 is 2.56 bits per heavy atom. The van der Waals surface area contributed by atoms with Crippen LogP contribution < -0.4 is 5.73 Å². The molecule has 1 aliphatic rings. The van der Waals surface area contributed by atoms with Crippen LogP contribution in [0.4, 0.5) is 5.69 Å². The standard InChI is InChI=1S/C12H18N2O3S/c13-11-5-3-10(4-6-11)12(15)9-14-7-1-2-8-18(14,16)17/h3-6,12,15H,1-2,7-9,13H2. The third kappa shape index (κ3) is 3.01. The fourth-order valence-corrected chi connectivity index (χ4v) is 3.66. The van der Waals surface area contributed by atoms with E-state index in [2.05, 4.69) is 0 Å². The number of nitrogens with two attached hydrogens (primary N) is 1. The molecule has 1 unspecified atom stereocenters. The Hall–Kier alpha value is -1.11. The van der Waals surface area contributed by atoms with Gasteiger partial charge in [0, 0.05) is 18.8 Å². The molecule has 0 bridgehead atoms. The molecule has 3 N–H and O–H groups in total. The first kappa shape index (κ1) is 13.3. The summed E-state index contributed by atoms with van der Waals surface area (Å²) in [6, 6.07) is 6.83. The lowest BCUT2D eigenvalue weighted by atomic mass is 10.1. The molecular formula is C12H18N2O3S. The lowest BCUT2D eigenvalue weighted by molar-refractivity contribution is 0.145. The third-order valence-corrected chi connectivity index (χ3v) is 5.07. The van der Waals surface area contributed by atoms with E-state index in [0.717, 1.165) is 6.42 Å². The summed E-state index contributed by atoms with van der Waals surface area (Å²) < 4.78 is 25.0. The number of sulfonamides is 1. The van der Waals surface area contributed by atoms with E-state index in [1.807, 2.05) is 0 Å². The van der Waals surface area contributed by atoms with Crippen molar-refractivity contribution in [2.45, 2.75) is 18.9 Å². The Balaban J connectivity index is 2.06. The Kier molecular flexibility index (Phi) is 3.89. The summed E-state index contributed by atoms with van der Waals surface area (Å²) in [4.78, 5) is 0. The fraction of sp³-hybridized carbons (Fsp3) is 0.500. The number of anilines is 1. The van der Waals surface area contributed by atoms with E-state index in [9.17, 15) is 13.5 Å². The summed E-state index contributed by atoms with van der Waals surface area (Å²) in [6.45, 7) is 0.612. The van der Waals surface area contributed by atoms with Crippen molar-refractivity contribution in [3.63, 3.8) is 0 Å². The first-order chi connectivity index (χ1) is 8.49.